The van der Waals surface area contributed by atoms with Crippen LogP contribution in [0.25, 0.3) is 0 Å². The average molecular weight is 430 g/mol. The summed E-state index contributed by atoms with van der Waals surface area (Å²) in [6.45, 7) is 4.16. The highest BCUT2D eigenvalue weighted by Gasteiger charge is 2.12. The molecule has 2 aromatic carbocycles. The van der Waals surface area contributed by atoms with Gasteiger partial charge in [-0.15, -0.1) is 12.4 Å². The zero-order valence-electron chi connectivity index (χ0n) is 16.6. The Hall–Kier alpha value is -1.49. The van der Waals surface area contributed by atoms with Gasteiger partial charge in [-0.1, -0.05) is 62.4 Å². The number of hydrogen-bond acceptors (Lipinski definition) is 3. The summed E-state index contributed by atoms with van der Waals surface area (Å²) in [5.41, 5.74) is 1.76. The van der Waals surface area contributed by atoms with Crippen molar-refractivity contribution in [3.05, 3.63) is 58.4 Å². The zero-order chi connectivity index (χ0) is 19.5. The van der Waals surface area contributed by atoms with E-state index >= 15 is 0 Å². The van der Waals surface area contributed by atoms with Gasteiger partial charge in [0, 0.05) is 17.7 Å². The predicted molar refractivity (Wildman–Crippen MR) is 116 cm³/mol. The molecule has 2 aromatic rings. The fourth-order valence-electron chi connectivity index (χ4n) is 2.89. The van der Waals surface area contributed by atoms with Crippen molar-refractivity contribution in [3.63, 3.8) is 0 Å². The molecule has 0 heterocycles. The second kappa shape index (κ2) is 13.6. The lowest BCUT2D eigenvalue weighted by Gasteiger charge is -2.16. The molecule has 6 heteroatoms. The summed E-state index contributed by atoms with van der Waals surface area (Å²) in [6, 6.07) is 10.2. The van der Waals surface area contributed by atoms with Crippen molar-refractivity contribution in [2.45, 2.75) is 52.2 Å². The SMILES string of the molecule is CCCCCCCNCc1cccc(OC)c1OCc1ccc(F)cc1Cl.Cl. The number of rotatable bonds is 12. The van der Waals surface area contributed by atoms with Gasteiger partial charge < -0.3 is 14.8 Å². The van der Waals surface area contributed by atoms with E-state index in [4.69, 9.17) is 21.1 Å². The minimum absolute atomic E-state index is 0. The van der Waals surface area contributed by atoms with Crippen molar-refractivity contribution >= 4 is 24.0 Å². The number of hydrogen-bond donors (Lipinski definition) is 1. The molecule has 28 heavy (non-hydrogen) atoms. The fraction of sp³-hybridized carbons (Fsp3) is 0.455. The van der Waals surface area contributed by atoms with Gasteiger partial charge in [-0.25, -0.2) is 4.39 Å². The third kappa shape index (κ3) is 7.86. The molecule has 2 rings (SSSR count). The maximum atomic E-state index is 13.2. The second-order valence-electron chi connectivity index (χ2n) is 6.56. The third-order valence-electron chi connectivity index (χ3n) is 4.44. The Bertz CT molecular complexity index is 713. The molecule has 0 fully saturated rings. The first-order chi connectivity index (χ1) is 13.2. The lowest BCUT2D eigenvalue weighted by molar-refractivity contribution is 0.280. The Morgan fingerprint density at radius 1 is 1.04 bits per heavy atom. The number of nitrogens with one attached hydrogen (secondary N) is 1. The van der Waals surface area contributed by atoms with E-state index in [0.29, 0.717) is 23.1 Å². The third-order valence-corrected chi connectivity index (χ3v) is 4.79. The summed E-state index contributed by atoms with van der Waals surface area (Å²) in [5.74, 6) is 1.01. The van der Waals surface area contributed by atoms with Crippen LogP contribution in [0.3, 0.4) is 0 Å². The molecule has 0 radical (unpaired) electrons. The Labute approximate surface area is 179 Å². The monoisotopic (exact) mass is 429 g/mol. The molecule has 0 saturated heterocycles. The minimum atomic E-state index is -0.357. The van der Waals surface area contributed by atoms with Crippen molar-refractivity contribution in [2.75, 3.05) is 13.7 Å². The second-order valence-corrected chi connectivity index (χ2v) is 6.97. The van der Waals surface area contributed by atoms with Gasteiger partial charge in [-0.2, -0.15) is 0 Å². The van der Waals surface area contributed by atoms with Crippen LogP contribution in [0.2, 0.25) is 5.02 Å². The van der Waals surface area contributed by atoms with E-state index in [0.717, 1.165) is 17.7 Å². The average Bonchev–Trinajstić information content (AvgIpc) is 2.67. The first kappa shape index (κ1) is 24.5. The van der Waals surface area contributed by atoms with Gasteiger partial charge in [0.2, 0.25) is 0 Å². The maximum absolute atomic E-state index is 13.2. The van der Waals surface area contributed by atoms with E-state index in [1.165, 1.54) is 44.2 Å². The van der Waals surface area contributed by atoms with Crippen LogP contribution in [0.5, 0.6) is 11.5 Å². The van der Waals surface area contributed by atoms with Gasteiger partial charge in [0.25, 0.3) is 0 Å². The van der Waals surface area contributed by atoms with Crippen LogP contribution in [-0.2, 0) is 13.2 Å². The maximum Gasteiger partial charge on any atom is 0.166 e. The smallest absolute Gasteiger partial charge is 0.166 e. The molecule has 0 aliphatic heterocycles. The number of unbranched alkanes of at least 4 members (excludes halogenated alkanes) is 4. The molecule has 156 valence electrons. The Balaban J connectivity index is 0.00000392. The van der Waals surface area contributed by atoms with Crippen LogP contribution in [0.1, 0.15) is 50.2 Å². The van der Waals surface area contributed by atoms with Crippen LogP contribution >= 0.6 is 24.0 Å². The Kier molecular flexibility index (Phi) is 12.0. The van der Waals surface area contributed by atoms with E-state index in [-0.39, 0.29) is 24.8 Å². The molecule has 0 aliphatic carbocycles. The molecule has 0 aliphatic rings. The van der Waals surface area contributed by atoms with Gasteiger partial charge in [-0.3, -0.25) is 0 Å². The van der Waals surface area contributed by atoms with Crippen molar-refractivity contribution < 1.29 is 13.9 Å². The van der Waals surface area contributed by atoms with Gasteiger partial charge in [0.1, 0.15) is 12.4 Å². The number of benzene rings is 2. The normalized spacial score (nSPS) is 10.4. The summed E-state index contributed by atoms with van der Waals surface area (Å²) >= 11 is 6.10. The summed E-state index contributed by atoms with van der Waals surface area (Å²) in [7, 11) is 1.62. The van der Waals surface area contributed by atoms with Crippen LogP contribution in [0.4, 0.5) is 4.39 Å². The quantitative estimate of drug-likeness (QED) is 0.388. The van der Waals surface area contributed by atoms with E-state index in [1.54, 1.807) is 13.2 Å². The Morgan fingerprint density at radius 2 is 1.82 bits per heavy atom. The molecule has 0 aromatic heterocycles. The topological polar surface area (TPSA) is 30.5 Å². The highest BCUT2D eigenvalue weighted by Crippen LogP contribution is 2.32. The van der Waals surface area contributed by atoms with Crippen LogP contribution in [0.15, 0.2) is 36.4 Å². The minimum Gasteiger partial charge on any atom is -0.493 e. The molecule has 0 amide bonds. The summed E-state index contributed by atoms with van der Waals surface area (Å²) in [4.78, 5) is 0. The number of ether oxygens (including phenoxy) is 2. The van der Waals surface area contributed by atoms with Gasteiger partial charge in [-0.05, 0) is 31.2 Å². The molecular weight excluding hydrogens is 400 g/mol. The lowest BCUT2D eigenvalue weighted by Crippen LogP contribution is -2.15. The highest BCUT2D eigenvalue weighted by atomic mass is 35.5. The first-order valence-corrected chi connectivity index (χ1v) is 9.96. The van der Waals surface area contributed by atoms with Crippen molar-refractivity contribution in [1.29, 1.82) is 0 Å². The summed E-state index contributed by atoms with van der Waals surface area (Å²) in [5, 5.41) is 3.83. The van der Waals surface area contributed by atoms with Crippen LogP contribution < -0.4 is 14.8 Å². The summed E-state index contributed by atoms with van der Waals surface area (Å²) < 4.78 is 24.7. The van der Waals surface area contributed by atoms with Crippen LogP contribution in [0, 0.1) is 5.82 Å². The van der Waals surface area contributed by atoms with E-state index in [2.05, 4.69) is 12.2 Å². The number of halogens is 3. The van der Waals surface area contributed by atoms with Crippen molar-refractivity contribution in [1.82, 2.24) is 5.32 Å². The molecule has 1 N–H and O–H groups in total. The van der Waals surface area contributed by atoms with Crippen molar-refractivity contribution in [2.24, 2.45) is 0 Å². The molecule has 0 unspecified atom stereocenters. The van der Waals surface area contributed by atoms with Gasteiger partial charge in [0.15, 0.2) is 11.5 Å². The van der Waals surface area contributed by atoms with E-state index in [1.807, 2.05) is 18.2 Å². The van der Waals surface area contributed by atoms with E-state index in [9.17, 15) is 4.39 Å². The predicted octanol–water partition coefficient (Wildman–Crippen LogP) is 6.55. The molecule has 0 bridgehead atoms. The highest BCUT2D eigenvalue weighted by molar-refractivity contribution is 6.31. The van der Waals surface area contributed by atoms with E-state index < -0.39 is 0 Å². The lowest BCUT2D eigenvalue weighted by atomic mass is 10.1. The van der Waals surface area contributed by atoms with Crippen molar-refractivity contribution in [3.8, 4) is 11.5 Å². The summed E-state index contributed by atoms with van der Waals surface area (Å²) in [6.07, 6.45) is 6.29. The molecular formula is C22H30Cl2FNO2. The largest absolute Gasteiger partial charge is 0.493 e. The zero-order valence-corrected chi connectivity index (χ0v) is 18.2. The molecule has 3 nitrogen and oxygen atoms in total. The molecule has 0 saturated carbocycles. The molecule has 0 atom stereocenters. The number of methoxy groups -OCH3 is 1. The van der Waals surface area contributed by atoms with Gasteiger partial charge in [0.05, 0.1) is 12.1 Å². The molecule has 0 spiro atoms. The standard InChI is InChI=1S/C22H29ClFNO2.ClH/c1-3-4-5-6-7-13-25-15-17-9-8-10-21(26-2)22(17)27-16-18-11-12-19(24)14-20(18)23;/h8-12,14,25H,3-7,13,15-16H2,1-2H3;1H. The fourth-order valence-corrected chi connectivity index (χ4v) is 3.11. The number of para-hydroxylation sites is 1. The Morgan fingerprint density at radius 3 is 2.54 bits per heavy atom. The first-order valence-electron chi connectivity index (χ1n) is 9.59. The van der Waals surface area contributed by atoms with Crippen LogP contribution in [-0.4, -0.2) is 13.7 Å². The van der Waals surface area contributed by atoms with Gasteiger partial charge >= 0.3 is 0 Å².